The van der Waals surface area contributed by atoms with Crippen molar-refractivity contribution in [3.05, 3.63) is 98.5 Å². The number of rotatable bonds is 5. The topological polar surface area (TPSA) is 99.2 Å². The first-order chi connectivity index (χ1) is 19.9. The Hall–Kier alpha value is -3.93. The van der Waals surface area contributed by atoms with Crippen LogP contribution < -0.4 is 5.56 Å². The lowest BCUT2D eigenvalue weighted by Crippen LogP contribution is -2.42. The van der Waals surface area contributed by atoms with E-state index in [4.69, 9.17) is 4.98 Å². The SMILES string of the molecule is O=C(C(O)c1cccc(C(F)(F)F)c1)N1CCc2nc(C3(c4cncc(C5=CCC(F)(F)CC5)c4)CC3)[nH]c(=O)c2C1. The van der Waals surface area contributed by atoms with Crippen LogP contribution in [0.3, 0.4) is 0 Å². The number of H-pyrrole nitrogens is 1. The molecule has 1 aromatic carbocycles. The van der Waals surface area contributed by atoms with E-state index in [1.807, 2.05) is 6.07 Å². The van der Waals surface area contributed by atoms with Crippen LogP contribution in [0.1, 0.15) is 77.5 Å². The first kappa shape index (κ1) is 28.2. The number of hydrogen-bond donors (Lipinski definition) is 2. The predicted molar refractivity (Wildman–Crippen MR) is 141 cm³/mol. The van der Waals surface area contributed by atoms with Crippen LogP contribution in [0.2, 0.25) is 0 Å². The summed E-state index contributed by atoms with van der Waals surface area (Å²) in [4.78, 5) is 39.4. The van der Waals surface area contributed by atoms with E-state index in [2.05, 4.69) is 9.97 Å². The second-order valence-corrected chi connectivity index (χ2v) is 11.2. The molecule has 1 fully saturated rings. The highest BCUT2D eigenvalue weighted by atomic mass is 19.4. The minimum Gasteiger partial charge on any atom is -0.378 e. The molecule has 7 nitrogen and oxygen atoms in total. The molecule has 0 bridgehead atoms. The standard InChI is InChI=1S/C30H27F5N4O3/c31-29(32)7-4-17(5-8-29)19-13-21(15-36-14-19)28(9-10-28)27-37-23-6-11-39(16-22(23)25(41)38-27)26(42)24(40)18-2-1-3-20(12-18)30(33,34)35/h1-4,12-15,24,40H,5-11,16H2,(H,37,38,41). The summed E-state index contributed by atoms with van der Waals surface area (Å²) in [5.74, 6) is -3.03. The van der Waals surface area contributed by atoms with Crippen molar-refractivity contribution in [2.24, 2.45) is 0 Å². The van der Waals surface area contributed by atoms with Crippen molar-refractivity contribution in [1.29, 1.82) is 0 Å². The molecule has 1 saturated carbocycles. The number of aromatic nitrogens is 3. The van der Waals surface area contributed by atoms with Crippen LogP contribution in [0.4, 0.5) is 22.0 Å². The molecule has 2 aliphatic carbocycles. The molecule has 3 heterocycles. The van der Waals surface area contributed by atoms with Crippen LogP contribution in [-0.4, -0.2) is 43.3 Å². The molecule has 42 heavy (non-hydrogen) atoms. The number of fused-ring (bicyclic) bond motifs is 1. The third-order valence-electron chi connectivity index (χ3n) is 8.42. The number of nitrogens with zero attached hydrogens (tertiary/aromatic N) is 3. The summed E-state index contributed by atoms with van der Waals surface area (Å²) in [6.45, 7) is -0.0177. The average Bonchev–Trinajstić information content (AvgIpc) is 3.78. The molecule has 3 aliphatic rings. The van der Waals surface area contributed by atoms with Gasteiger partial charge in [0.1, 0.15) is 5.82 Å². The Morgan fingerprint density at radius 3 is 2.57 bits per heavy atom. The van der Waals surface area contributed by atoms with Gasteiger partial charge in [0.05, 0.1) is 28.8 Å². The van der Waals surface area contributed by atoms with Gasteiger partial charge in [-0.15, -0.1) is 0 Å². The van der Waals surface area contributed by atoms with E-state index in [1.54, 1.807) is 18.5 Å². The van der Waals surface area contributed by atoms with Crippen LogP contribution >= 0.6 is 0 Å². The summed E-state index contributed by atoms with van der Waals surface area (Å²) in [7, 11) is 0. The summed E-state index contributed by atoms with van der Waals surface area (Å²) in [6.07, 6.45) is -0.172. The van der Waals surface area contributed by atoms with Gasteiger partial charge in [-0.2, -0.15) is 13.2 Å². The number of carbonyl (C=O) groups is 1. The zero-order chi connectivity index (χ0) is 29.9. The van der Waals surface area contributed by atoms with E-state index >= 15 is 0 Å². The molecule has 0 spiro atoms. The highest BCUT2D eigenvalue weighted by molar-refractivity contribution is 5.82. The fourth-order valence-corrected chi connectivity index (χ4v) is 5.76. The minimum atomic E-state index is -4.62. The molecular weight excluding hydrogens is 559 g/mol. The Labute approximate surface area is 237 Å². The Bertz CT molecular complexity index is 1640. The second kappa shape index (κ2) is 10.1. The highest BCUT2D eigenvalue weighted by Crippen LogP contribution is 2.52. The highest BCUT2D eigenvalue weighted by Gasteiger charge is 2.49. The number of nitrogens with one attached hydrogen (secondary N) is 1. The van der Waals surface area contributed by atoms with Crippen molar-refractivity contribution in [3.63, 3.8) is 0 Å². The Morgan fingerprint density at radius 2 is 1.88 bits per heavy atom. The molecule has 220 valence electrons. The lowest BCUT2D eigenvalue weighted by Gasteiger charge is -2.30. The molecular formula is C30H27F5N4O3. The number of allylic oxidation sites excluding steroid dienone is 2. The molecule has 1 unspecified atom stereocenters. The van der Waals surface area contributed by atoms with Gasteiger partial charge in [-0.25, -0.2) is 13.8 Å². The fourth-order valence-electron chi connectivity index (χ4n) is 5.76. The Morgan fingerprint density at radius 1 is 1.10 bits per heavy atom. The molecule has 1 amide bonds. The smallest absolute Gasteiger partial charge is 0.378 e. The molecule has 2 N–H and O–H groups in total. The fraction of sp³-hybridized carbons (Fsp3) is 0.400. The summed E-state index contributed by atoms with van der Waals surface area (Å²) < 4.78 is 66.6. The van der Waals surface area contributed by atoms with Gasteiger partial charge in [-0.05, 0) is 59.7 Å². The maximum absolute atomic E-state index is 13.6. The van der Waals surface area contributed by atoms with E-state index in [-0.39, 0.29) is 49.9 Å². The molecule has 0 saturated heterocycles. The van der Waals surface area contributed by atoms with Crippen LogP contribution in [0.15, 0.2) is 53.6 Å². The summed E-state index contributed by atoms with van der Waals surface area (Å²) in [5.41, 5.74) is 1.01. The number of amides is 1. The molecule has 3 aromatic rings. The largest absolute Gasteiger partial charge is 0.416 e. The number of aliphatic hydroxyl groups excluding tert-OH is 1. The van der Waals surface area contributed by atoms with Crippen molar-refractivity contribution in [3.8, 4) is 0 Å². The van der Waals surface area contributed by atoms with Gasteiger partial charge in [0.15, 0.2) is 6.10 Å². The lowest BCUT2D eigenvalue weighted by molar-refractivity contribution is -0.142. The number of pyridine rings is 1. The third kappa shape index (κ3) is 5.23. The van der Waals surface area contributed by atoms with E-state index in [1.165, 1.54) is 11.0 Å². The number of halogens is 5. The van der Waals surface area contributed by atoms with Gasteiger partial charge >= 0.3 is 6.18 Å². The predicted octanol–water partition coefficient (Wildman–Crippen LogP) is 5.08. The van der Waals surface area contributed by atoms with Gasteiger partial charge < -0.3 is 15.0 Å². The summed E-state index contributed by atoms with van der Waals surface area (Å²) in [6, 6.07) is 5.88. The first-order valence-electron chi connectivity index (χ1n) is 13.7. The number of alkyl halides is 5. The third-order valence-corrected chi connectivity index (χ3v) is 8.42. The second-order valence-electron chi connectivity index (χ2n) is 11.2. The van der Waals surface area contributed by atoms with Crippen molar-refractivity contribution in [1.82, 2.24) is 19.9 Å². The van der Waals surface area contributed by atoms with Gasteiger partial charge in [-0.1, -0.05) is 18.2 Å². The number of aliphatic hydroxyl groups is 1. The van der Waals surface area contributed by atoms with Crippen molar-refractivity contribution < 1.29 is 31.9 Å². The van der Waals surface area contributed by atoms with Crippen LogP contribution in [0, 0.1) is 0 Å². The van der Waals surface area contributed by atoms with Crippen molar-refractivity contribution in [2.45, 2.75) is 68.7 Å². The Balaban J connectivity index is 1.22. The molecule has 6 rings (SSSR count). The van der Waals surface area contributed by atoms with Crippen LogP contribution in [0.25, 0.3) is 5.57 Å². The van der Waals surface area contributed by atoms with E-state index in [0.717, 1.165) is 34.9 Å². The van der Waals surface area contributed by atoms with E-state index < -0.39 is 40.6 Å². The molecule has 0 radical (unpaired) electrons. The maximum atomic E-state index is 13.6. The Kier molecular flexibility index (Phi) is 6.79. The van der Waals surface area contributed by atoms with Gasteiger partial charge in [0, 0.05) is 38.2 Å². The summed E-state index contributed by atoms with van der Waals surface area (Å²) >= 11 is 0. The maximum Gasteiger partial charge on any atom is 0.416 e. The van der Waals surface area contributed by atoms with E-state index in [9.17, 15) is 36.6 Å². The normalized spacial score (nSPS) is 20.0. The first-order valence-corrected chi connectivity index (χ1v) is 13.7. The molecule has 2 aromatic heterocycles. The van der Waals surface area contributed by atoms with Gasteiger partial charge in [-0.3, -0.25) is 14.6 Å². The number of carbonyl (C=O) groups excluding carboxylic acids is 1. The monoisotopic (exact) mass is 586 g/mol. The molecule has 1 atom stereocenters. The zero-order valence-corrected chi connectivity index (χ0v) is 22.3. The van der Waals surface area contributed by atoms with Gasteiger partial charge in [0.25, 0.3) is 17.4 Å². The minimum absolute atomic E-state index is 0.126. The van der Waals surface area contributed by atoms with Crippen LogP contribution in [0.5, 0.6) is 0 Å². The lowest BCUT2D eigenvalue weighted by atomic mass is 9.89. The average molecular weight is 587 g/mol. The molecule has 1 aliphatic heterocycles. The number of benzene rings is 1. The number of aromatic amines is 1. The van der Waals surface area contributed by atoms with Crippen molar-refractivity contribution in [2.75, 3.05) is 6.54 Å². The van der Waals surface area contributed by atoms with E-state index in [0.29, 0.717) is 24.4 Å². The quantitative estimate of drug-likeness (QED) is 0.406. The van der Waals surface area contributed by atoms with Crippen molar-refractivity contribution >= 4 is 11.5 Å². The summed E-state index contributed by atoms with van der Waals surface area (Å²) in [5, 5.41) is 10.6. The van der Waals surface area contributed by atoms with Gasteiger partial charge in [0.2, 0.25) is 0 Å². The number of hydrogen-bond acceptors (Lipinski definition) is 5. The zero-order valence-electron chi connectivity index (χ0n) is 22.3. The van der Waals surface area contributed by atoms with Crippen LogP contribution in [-0.2, 0) is 29.4 Å². The molecule has 12 heteroatoms.